The first kappa shape index (κ1) is 15.3. The number of nitro groups is 1. The molecule has 5 heteroatoms. The van der Waals surface area contributed by atoms with Crippen molar-refractivity contribution in [3.8, 4) is 0 Å². The Morgan fingerprint density at radius 1 is 1.45 bits per heavy atom. The van der Waals surface area contributed by atoms with Gasteiger partial charge in [0.1, 0.15) is 0 Å². The van der Waals surface area contributed by atoms with Gasteiger partial charge in [-0.15, -0.1) is 0 Å². The largest absolute Gasteiger partial charge is 0.312 e. The Morgan fingerprint density at radius 3 is 2.95 bits per heavy atom. The molecular formula is C15H21ClN2O2. The highest BCUT2D eigenvalue weighted by Crippen LogP contribution is 2.28. The molecule has 0 heterocycles. The lowest BCUT2D eigenvalue weighted by Gasteiger charge is -2.26. The van der Waals surface area contributed by atoms with Crippen molar-refractivity contribution in [2.75, 3.05) is 6.54 Å². The first-order chi connectivity index (χ1) is 9.56. The molecule has 20 heavy (non-hydrogen) atoms. The van der Waals surface area contributed by atoms with E-state index in [2.05, 4.69) is 12.2 Å². The summed E-state index contributed by atoms with van der Waals surface area (Å²) in [5.41, 5.74) is 0.891. The van der Waals surface area contributed by atoms with E-state index >= 15 is 0 Å². The van der Waals surface area contributed by atoms with Crippen molar-refractivity contribution >= 4 is 17.3 Å². The van der Waals surface area contributed by atoms with E-state index in [-0.39, 0.29) is 10.6 Å². The van der Waals surface area contributed by atoms with E-state index in [0.29, 0.717) is 11.6 Å². The monoisotopic (exact) mass is 296 g/mol. The molecule has 110 valence electrons. The van der Waals surface area contributed by atoms with Crippen molar-refractivity contribution in [3.63, 3.8) is 0 Å². The summed E-state index contributed by atoms with van der Waals surface area (Å²) in [6, 6.07) is 4.59. The van der Waals surface area contributed by atoms with Gasteiger partial charge in [-0.25, -0.2) is 0 Å². The van der Waals surface area contributed by atoms with Gasteiger partial charge < -0.3 is 5.32 Å². The van der Waals surface area contributed by atoms with Crippen molar-refractivity contribution in [1.82, 2.24) is 5.32 Å². The second kappa shape index (κ2) is 7.04. The smallest absolute Gasteiger partial charge is 0.269 e. The number of nitrogens with one attached hydrogen (secondary N) is 1. The van der Waals surface area contributed by atoms with Crippen LogP contribution in [0.4, 0.5) is 5.69 Å². The maximum atomic E-state index is 10.8. The minimum Gasteiger partial charge on any atom is -0.312 e. The Hall–Kier alpha value is -1.13. The fourth-order valence-electron chi connectivity index (χ4n) is 2.97. The fourth-order valence-corrected chi connectivity index (χ4v) is 3.15. The molecule has 0 bridgehead atoms. The Labute approximate surface area is 124 Å². The first-order valence-electron chi connectivity index (χ1n) is 7.20. The van der Waals surface area contributed by atoms with Crippen LogP contribution in [0.3, 0.4) is 0 Å². The lowest BCUT2D eigenvalue weighted by molar-refractivity contribution is -0.384. The third kappa shape index (κ3) is 4.18. The number of non-ortho nitro benzene ring substituents is 1. The van der Waals surface area contributed by atoms with E-state index in [9.17, 15) is 10.1 Å². The molecule has 1 saturated carbocycles. The molecule has 0 amide bonds. The van der Waals surface area contributed by atoms with Gasteiger partial charge in [0.15, 0.2) is 0 Å². The second-order valence-corrected chi connectivity index (χ2v) is 6.21. The van der Waals surface area contributed by atoms with Gasteiger partial charge in [-0.1, -0.05) is 31.4 Å². The van der Waals surface area contributed by atoms with Gasteiger partial charge >= 0.3 is 0 Å². The Morgan fingerprint density at radius 2 is 2.25 bits per heavy atom. The predicted molar refractivity (Wildman–Crippen MR) is 80.9 cm³/mol. The van der Waals surface area contributed by atoms with Crippen LogP contribution in [-0.4, -0.2) is 11.5 Å². The van der Waals surface area contributed by atoms with Crippen molar-refractivity contribution in [1.29, 1.82) is 0 Å². The lowest BCUT2D eigenvalue weighted by Crippen LogP contribution is -2.26. The summed E-state index contributed by atoms with van der Waals surface area (Å²) in [7, 11) is 0. The minimum absolute atomic E-state index is 0.0949. The number of nitrogens with zero attached hydrogens (tertiary/aromatic N) is 1. The highest BCUT2D eigenvalue weighted by Gasteiger charge is 2.18. The van der Waals surface area contributed by atoms with Crippen LogP contribution in [0, 0.1) is 22.0 Å². The number of rotatable bonds is 5. The molecule has 1 aliphatic carbocycles. The molecule has 0 spiro atoms. The van der Waals surface area contributed by atoms with Crippen LogP contribution in [0.15, 0.2) is 18.2 Å². The SMILES string of the molecule is CC1CCCC(CNCc2cc([N+](=O)[O-])ccc2Cl)C1. The van der Waals surface area contributed by atoms with Crippen LogP contribution in [0.5, 0.6) is 0 Å². The Balaban J connectivity index is 1.87. The van der Waals surface area contributed by atoms with Gasteiger partial charge in [-0.05, 0) is 42.9 Å². The molecule has 1 fully saturated rings. The fraction of sp³-hybridized carbons (Fsp3) is 0.600. The zero-order valence-corrected chi connectivity index (χ0v) is 12.5. The zero-order valence-electron chi connectivity index (χ0n) is 11.8. The summed E-state index contributed by atoms with van der Waals surface area (Å²) in [5.74, 6) is 1.54. The standard InChI is InChI=1S/C15H21ClN2O2/c1-11-3-2-4-12(7-11)9-17-10-13-8-14(18(19)20)5-6-15(13)16/h5-6,8,11-12,17H,2-4,7,9-10H2,1H3. The maximum absolute atomic E-state index is 10.8. The maximum Gasteiger partial charge on any atom is 0.269 e. The van der Waals surface area contributed by atoms with Crippen LogP contribution in [0.25, 0.3) is 0 Å². The van der Waals surface area contributed by atoms with Gasteiger partial charge in [0.2, 0.25) is 0 Å². The van der Waals surface area contributed by atoms with Crippen molar-refractivity contribution in [3.05, 3.63) is 38.9 Å². The number of halogens is 1. The summed E-state index contributed by atoms with van der Waals surface area (Å²) < 4.78 is 0. The molecule has 2 rings (SSSR count). The molecule has 1 aromatic rings. The van der Waals surface area contributed by atoms with Gasteiger partial charge in [-0.3, -0.25) is 10.1 Å². The van der Waals surface area contributed by atoms with Gasteiger partial charge in [0, 0.05) is 23.7 Å². The van der Waals surface area contributed by atoms with Crippen LogP contribution < -0.4 is 5.32 Å². The van der Waals surface area contributed by atoms with Gasteiger partial charge in [-0.2, -0.15) is 0 Å². The normalized spacial score (nSPS) is 22.7. The molecule has 2 unspecified atom stereocenters. The van der Waals surface area contributed by atoms with Crippen molar-refractivity contribution in [2.24, 2.45) is 11.8 Å². The second-order valence-electron chi connectivity index (χ2n) is 5.80. The van der Waals surface area contributed by atoms with Crippen molar-refractivity contribution < 1.29 is 4.92 Å². The average Bonchev–Trinajstić information content (AvgIpc) is 2.40. The van der Waals surface area contributed by atoms with Gasteiger partial charge in [0.25, 0.3) is 5.69 Å². The average molecular weight is 297 g/mol. The van der Waals surface area contributed by atoms with Crippen LogP contribution in [-0.2, 0) is 6.54 Å². The highest BCUT2D eigenvalue weighted by molar-refractivity contribution is 6.31. The van der Waals surface area contributed by atoms with Crippen LogP contribution in [0.2, 0.25) is 5.02 Å². The highest BCUT2D eigenvalue weighted by atomic mass is 35.5. The summed E-state index contributed by atoms with van der Waals surface area (Å²) in [4.78, 5) is 10.4. The van der Waals surface area contributed by atoms with E-state index in [0.717, 1.165) is 23.9 Å². The molecule has 0 aliphatic heterocycles. The molecule has 4 nitrogen and oxygen atoms in total. The van der Waals surface area contributed by atoms with E-state index in [4.69, 9.17) is 11.6 Å². The Bertz CT molecular complexity index is 479. The van der Waals surface area contributed by atoms with Gasteiger partial charge in [0.05, 0.1) is 4.92 Å². The van der Waals surface area contributed by atoms with E-state index in [1.54, 1.807) is 12.1 Å². The summed E-state index contributed by atoms with van der Waals surface area (Å²) >= 11 is 6.08. The quantitative estimate of drug-likeness (QED) is 0.655. The lowest BCUT2D eigenvalue weighted by atomic mass is 9.82. The molecular weight excluding hydrogens is 276 g/mol. The molecule has 1 aromatic carbocycles. The zero-order chi connectivity index (χ0) is 14.5. The van der Waals surface area contributed by atoms with E-state index in [1.807, 2.05) is 0 Å². The number of nitro benzene ring substituents is 1. The molecule has 1 N–H and O–H groups in total. The molecule has 0 saturated heterocycles. The van der Waals surface area contributed by atoms with Crippen LogP contribution in [0.1, 0.15) is 38.2 Å². The minimum atomic E-state index is -0.386. The molecule has 0 radical (unpaired) electrons. The molecule has 0 aromatic heterocycles. The third-order valence-corrected chi connectivity index (χ3v) is 4.40. The van der Waals surface area contributed by atoms with E-state index < -0.39 is 0 Å². The predicted octanol–water partition coefficient (Wildman–Crippen LogP) is 4.16. The summed E-state index contributed by atoms with van der Waals surface area (Å²) in [6.07, 6.45) is 5.20. The Kier molecular flexibility index (Phi) is 5.38. The number of hydrogen-bond acceptors (Lipinski definition) is 3. The number of hydrogen-bond donors (Lipinski definition) is 1. The molecule has 2 atom stereocenters. The summed E-state index contributed by atoms with van der Waals surface area (Å²) in [6.45, 7) is 3.86. The summed E-state index contributed by atoms with van der Waals surface area (Å²) in [5, 5.41) is 14.7. The van der Waals surface area contributed by atoms with Crippen molar-refractivity contribution in [2.45, 2.75) is 39.2 Å². The third-order valence-electron chi connectivity index (χ3n) is 4.03. The first-order valence-corrected chi connectivity index (χ1v) is 7.57. The van der Waals surface area contributed by atoms with Crippen LogP contribution >= 0.6 is 11.6 Å². The van der Waals surface area contributed by atoms with E-state index in [1.165, 1.54) is 31.7 Å². The number of benzene rings is 1. The molecule has 1 aliphatic rings. The topological polar surface area (TPSA) is 55.2 Å².